The third-order valence-electron chi connectivity index (χ3n) is 6.10. The van der Waals surface area contributed by atoms with E-state index in [1.165, 1.54) is 25.3 Å². The van der Waals surface area contributed by atoms with Gasteiger partial charge in [0.1, 0.15) is 11.6 Å². The summed E-state index contributed by atoms with van der Waals surface area (Å²) in [7, 11) is 1.22. The molecule has 10 heteroatoms. The number of rotatable bonds is 8. The van der Waals surface area contributed by atoms with Crippen LogP contribution in [0.5, 0.6) is 0 Å². The molecule has 0 radical (unpaired) electrons. The maximum Gasteiger partial charge on any atom is 0.336 e. The number of non-ortho nitro benzene ring substituents is 1. The number of benzene rings is 2. The summed E-state index contributed by atoms with van der Waals surface area (Å²) in [5.41, 5.74) is 1.31. The number of hydrogen-bond donors (Lipinski definition) is 2. The minimum absolute atomic E-state index is 0.128. The number of carbonyl (C=O) groups excluding carboxylic acids is 3. The van der Waals surface area contributed by atoms with Crippen LogP contribution in [-0.2, 0) is 30.3 Å². The van der Waals surface area contributed by atoms with Crippen LogP contribution in [0.1, 0.15) is 51.7 Å². The molecule has 0 spiro atoms. The zero-order chi connectivity index (χ0) is 28.9. The molecular weight excluding hydrogens is 502 g/mol. The van der Waals surface area contributed by atoms with Crippen molar-refractivity contribution in [3.05, 3.63) is 98.4 Å². The van der Waals surface area contributed by atoms with Crippen molar-refractivity contribution in [1.82, 2.24) is 10.6 Å². The van der Waals surface area contributed by atoms with E-state index in [9.17, 15) is 24.5 Å². The van der Waals surface area contributed by atoms with Gasteiger partial charge in [-0.3, -0.25) is 14.9 Å². The molecule has 10 nitrogen and oxygen atoms in total. The van der Waals surface area contributed by atoms with Gasteiger partial charge in [-0.2, -0.15) is 0 Å². The van der Waals surface area contributed by atoms with Gasteiger partial charge in [-0.1, -0.05) is 42.5 Å². The van der Waals surface area contributed by atoms with Crippen LogP contribution in [0.3, 0.4) is 0 Å². The van der Waals surface area contributed by atoms with Gasteiger partial charge in [0, 0.05) is 35.5 Å². The standard InChI is InChI=1S/C29H33N3O7/c1-17-23(26(33)31-22(27(34)39-29(3,4)5)15-19-11-8-7-9-12-19)25(24(18(2)30-17)28(35)38-6)20-13-10-14-21(16-20)32(36)37/h7-14,16,22,25,30H,15H2,1-6H3,(H,31,33). The molecule has 206 valence electrons. The zero-order valence-electron chi connectivity index (χ0n) is 22.9. The number of carbonyl (C=O) groups is 3. The van der Waals surface area contributed by atoms with Crippen molar-refractivity contribution in [2.75, 3.05) is 7.11 Å². The number of amides is 1. The molecule has 2 unspecified atom stereocenters. The summed E-state index contributed by atoms with van der Waals surface area (Å²) in [6.07, 6.45) is 0.168. The molecule has 2 N–H and O–H groups in total. The van der Waals surface area contributed by atoms with E-state index in [4.69, 9.17) is 9.47 Å². The van der Waals surface area contributed by atoms with Crippen LogP contribution >= 0.6 is 0 Å². The third-order valence-corrected chi connectivity index (χ3v) is 6.10. The Labute approximate surface area is 227 Å². The predicted octanol–water partition coefficient (Wildman–Crippen LogP) is 4.07. The lowest BCUT2D eigenvalue weighted by atomic mass is 9.79. The van der Waals surface area contributed by atoms with Crippen molar-refractivity contribution in [3.8, 4) is 0 Å². The highest BCUT2D eigenvalue weighted by Gasteiger charge is 2.39. The highest BCUT2D eigenvalue weighted by atomic mass is 16.6. The van der Waals surface area contributed by atoms with Gasteiger partial charge in [0.25, 0.3) is 11.6 Å². The van der Waals surface area contributed by atoms with Gasteiger partial charge in [0.15, 0.2) is 0 Å². The number of nitrogens with one attached hydrogen (secondary N) is 2. The van der Waals surface area contributed by atoms with Gasteiger partial charge < -0.3 is 20.1 Å². The molecule has 0 bridgehead atoms. The molecule has 0 fully saturated rings. The molecule has 3 rings (SSSR count). The van der Waals surface area contributed by atoms with Crippen molar-refractivity contribution >= 4 is 23.5 Å². The third kappa shape index (κ3) is 7.10. The molecule has 1 heterocycles. The number of esters is 2. The van der Waals surface area contributed by atoms with Gasteiger partial charge >= 0.3 is 11.9 Å². The fourth-order valence-corrected chi connectivity index (χ4v) is 4.48. The second-order valence-electron chi connectivity index (χ2n) is 10.2. The summed E-state index contributed by atoms with van der Waals surface area (Å²) in [5, 5.41) is 17.4. The van der Waals surface area contributed by atoms with Crippen LogP contribution in [0.15, 0.2) is 77.1 Å². The molecule has 0 aromatic heterocycles. The number of ether oxygens (including phenoxy) is 2. The molecular formula is C29H33N3O7. The second kappa shape index (κ2) is 11.9. The molecule has 1 amide bonds. The van der Waals surface area contributed by atoms with E-state index in [0.29, 0.717) is 17.0 Å². The molecule has 2 atom stereocenters. The molecule has 0 saturated carbocycles. The number of nitro benzene ring substituents is 1. The zero-order valence-corrected chi connectivity index (χ0v) is 22.9. The van der Waals surface area contributed by atoms with Gasteiger partial charge in [0.2, 0.25) is 0 Å². The predicted molar refractivity (Wildman–Crippen MR) is 144 cm³/mol. The smallest absolute Gasteiger partial charge is 0.336 e. The maximum atomic E-state index is 13.9. The normalized spacial score (nSPS) is 16.2. The SMILES string of the molecule is COC(=O)C1=C(C)NC(C)=C(C(=O)NC(Cc2ccccc2)C(=O)OC(C)(C)C)C1c1cccc([N+](=O)[O-])c1. The van der Waals surface area contributed by atoms with Crippen molar-refractivity contribution in [2.24, 2.45) is 0 Å². The number of methoxy groups -OCH3 is 1. The molecule has 0 saturated heterocycles. The van der Waals surface area contributed by atoms with Gasteiger partial charge in [-0.05, 0) is 45.7 Å². The quantitative estimate of drug-likeness (QED) is 0.293. The maximum absolute atomic E-state index is 13.9. The van der Waals surface area contributed by atoms with Crippen molar-refractivity contribution in [2.45, 2.75) is 58.6 Å². The average molecular weight is 536 g/mol. The van der Waals surface area contributed by atoms with E-state index in [2.05, 4.69) is 10.6 Å². The Balaban J connectivity index is 2.08. The van der Waals surface area contributed by atoms with Crippen LogP contribution in [0.25, 0.3) is 0 Å². The Kier molecular flexibility index (Phi) is 8.90. The van der Waals surface area contributed by atoms with E-state index in [0.717, 1.165) is 5.56 Å². The second-order valence-corrected chi connectivity index (χ2v) is 10.2. The van der Waals surface area contributed by atoms with E-state index < -0.39 is 40.3 Å². The topological polar surface area (TPSA) is 137 Å². The first kappa shape index (κ1) is 29.1. The first-order valence-electron chi connectivity index (χ1n) is 12.4. The number of hydrogen-bond acceptors (Lipinski definition) is 8. The summed E-state index contributed by atoms with van der Waals surface area (Å²) >= 11 is 0. The van der Waals surface area contributed by atoms with E-state index >= 15 is 0 Å². The summed E-state index contributed by atoms with van der Waals surface area (Å²) in [4.78, 5) is 51.0. The summed E-state index contributed by atoms with van der Waals surface area (Å²) < 4.78 is 10.6. The lowest BCUT2D eigenvalue weighted by Gasteiger charge is -2.32. The summed E-state index contributed by atoms with van der Waals surface area (Å²) in [6.45, 7) is 8.53. The first-order chi connectivity index (χ1) is 18.3. The monoisotopic (exact) mass is 535 g/mol. The summed E-state index contributed by atoms with van der Waals surface area (Å²) in [5.74, 6) is -2.93. The molecule has 1 aliphatic heterocycles. The average Bonchev–Trinajstić information content (AvgIpc) is 2.87. The Morgan fingerprint density at radius 1 is 1.03 bits per heavy atom. The van der Waals surface area contributed by atoms with Crippen LogP contribution in [0.2, 0.25) is 0 Å². The minimum atomic E-state index is -1.04. The van der Waals surface area contributed by atoms with Crippen molar-refractivity contribution in [3.63, 3.8) is 0 Å². The Morgan fingerprint density at radius 2 is 1.67 bits per heavy atom. The number of dihydropyridines is 1. The molecule has 2 aromatic carbocycles. The van der Waals surface area contributed by atoms with Crippen LogP contribution in [0, 0.1) is 10.1 Å². The van der Waals surface area contributed by atoms with Crippen LogP contribution in [-0.4, -0.2) is 41.5 Å². The molecule has 1 aliphatic rings. The highest BCUT2D eigenvalue weighted by molar-refractivity contribution is 6.03. The largest absolute Gasteiger partial charge is 0.466 e. The Morgan fingerprint density at radius 3 is 2.26 bits per heavy atom. The first-order valence-corrected chi connectivity index (χ1v) is 12.4. The summed E-state index contributed by atoms with van der Waals surface area (Å²) in [6, 6.07) is 13.9. The van der Waals surface area contributed by atoms with E-state index in [1.807, 2.05) is 30.3 Å². The number of nitrogens with zero attached hydrogens (tertiary/aromatic N) is 1. The lowest BCUT2D eigenvalue weighted by molar-refractivity contribution is -0.384. The number of allylic oxidation sites excluding steroid dienone is 2. The Hall–Kier alpha value is -4.47. The van der Waals surface area contributed by atoms with Gasteiger partial charge in [-0.15, -0.1) is 0 Å². The van der Waals surface area contributed by atoms with E-state index in [-0.39, 0.29) is 23.3 Å². The van der Waals surface area contributed by atoms with Crippen molar-refractivity contribution < 1.29 is 28.8 Å². The molecule has 0 aliphatic carbocycles. The van der Waals surface area contributed by atoms with Gasteiger partial charge in [0.05, 0.1) is 23.5 Å². The minimum Gasteiger partial charge on any atom is -0.466 e. The van der Waals surface area contributed by atoms with Crippen LogP contribution < -0.4 is 10.6 Å². The molecule has 2 aromatic rings. The highest BCUT2D eigenvalue weighted by Crippen LogP contribution is 2.39. The molecule has 39 heavy (non-hydrogen) atoms. The Bertz CT molecular complexity index is 1340. The van der Waals surface area contributed by atoms with Crippen molar-refractivity contribution in [1.29, 1.82) is 0 Å². The lowest BCUT2D eigenvalue weighted by Crippen LogP contribution is -2.47. The fourth-order valence-electron chi connectivity index (χ4n) is 4.48. The number of nitro groups is 1. The van der Waals surface area contributed by atoms with Gasteiger partial charge in [-0.25, -0.2) is 9.59 Å². The van der Waals surface area contributed by atoms with E-state index in [1.54, 1.807) is 40.7 Å². The van der Waals surface area contributed by atoms with Crippen LogP contribution in [0.4, 0.5) is 5.69 Å². The fraction of sp³-hybridized carbons (Fsp3) is 0.345.